The second-order valence-corrected chi connectivity index (χ2v) is 6.44. The van der Waals surface area contributed by atoms with E-state index in [1.807, 2.05) is 25.1 Å². The van der Waals surface area contributed by atoms with Crippen LogP contribution in [0.5, 0.6) is 0 Å². The summed E-state index contributed by atoms with van der Waals surface area (Å²) in [6.45, 7) is 10.5. The standard InChI is InChI=1S/C15H22N2O/c1-9-6-7-10(16)8-11(9)17-13(18)12-14(2,3)15(12,4)5/h6-8,12H,16H2,1-5H3,(H,17,18). The molecule has 1 saturated carbocycles. The van der Waals surface area contributed by atoms with E-state index in [-0.39, 0.29) is 22.7 Å². The molecule has 0 aromatic heterocycles. The van der Waals surface area contributed by atoms with Crippen LogP contribution in [0.2, 0.25) is 0 Å². The number of aryl methyl sites for hydroxylation is 1. The van der Waals surface area contributed by atoms with Gasteiger partial charge < -0.3 is 11.1 Å². The molecule has 0 bridgehead atoms. The predicted octanol–water partition coefficient (Wildman–Crippen LogP) is 3.20. The monoisotopic (exact) mass is 246 g/mol. The van der Waals surface area contributed by atoms with Crippen molar-refractivity contribution in [3.05, 3.63) is 23.8 Å². The lowest BCUT2D eigenvalue weighted by Gasteiger charge is -2.10. The van der Waals surface area contributed by atoms with E-state index in [4.69, 9.17) is 5.73 Å². The first-order valence-electron chi connectivity index (χ1n) is 6.35. The third-order valence-electron chi connectivity index (χ3n) is 4.80. The Morgan fingerprint density at radius 2 is 1.78 bits per heavy atom. The minimum atomic E-state index is 0.0608. The molecule has 0 spiro atoms. The van der Waals surface area contributed by atoms with Gasteiger partial charge in [-0.25, -0.2) is 0 Å². The van der Waals surface area contributed by atoms with Crippen LogP contribution in [0.3, 0.4) is 0 Å². The van der Waals surface area contributed by atoms with Gasteiger partial charge in [-0.05, 0) is 35.4 Å². The van der Waals surface area contributed by atoms with Gasteiger partial charge in [-0.3, -0.25) is 4.79 Å². The number of carbonyl (C=O) groups excluding carboxylic acids is 1. The first kappa shape index (κ1) is 12.9. The van der Waals surface area contributed by atoms with E-state index in [1.165, 1.54) is 0 Å². The summed E-state index contributed by atoms with van der Waals surface area (Å²) in [5.74, 6) is 0.157. The summed E-state index contributed by atoms with van der Waals surface area (Å²) in [6.07, 6.45) is 0. The fourth-order valence-electron chi connectivity index (χ4n) is 2.83. The summed E-state index contributed by atoms with van der Waals surface area (Å²) >= 11 is 0. The molecule has 0 saturated heterocycles. The highest BCUT2D eigenvalue weighted by atomic mass is 16.2. The van der Waals surface area contributed by atoms with Crippen molar-refractivity contribution in [2.75, 3.05) is 11.1 Å². The summed E-state index contributed by atoms with van der Waals surface area (Å²) in [6, 6.07) is 5.58. The van der Waals surface area contributed by atoms with Crippen LogP contribution in [-0.4, -0.2) is 5.91 Å². The van der Waals surface area contributed by atoms with E-state index in [1.54, 1.807) is 0 Å². The molecule has 0 atom stereocenters. The Morgan fingerprint density at radius 1 is 1.22 bits per heavy atom. The molecule has 3 nitrogen and oxygen atoms in total. The van der Waals surface area contributed by atoms with Crippen LogP contribution < -0.4 is 11.1 Å². The molecule has 2 rings (SSSR count). The zero-order chi connectivity index (χ0) is 13.7. The number of rotatable bonds is 2. The van der Waals surface area contributed by atoms with Crippen LogP contribution in [0.25, 0.3) is 0 Å². The number of benzene rings is 1. The van der Waals surface area contributed by atoms with Gasteiger partial charge in [0.1, 0.15) is 0 Å². The number of nitrogens with two attached hydrogens (primary N) is 1. The van der Waals surface area contributed by atoms with Crippen LogP contribution >= 0.6 is 0 Å². The molecular weight excluding hydrogens is 224 g/mol. The maximum Gasteiger partial charge on any atom is 0.228 e. The highest BCUT2D eigenvalue weighted by molar-refractivity contribution is 5.97. The summed E-state index contributed by atoms with van der Waals surface area (Å²) in [4.78, 5) is 12.3. The van der Waals surface area contributed by atoms with Crippen molar-refractivity contribution in [2.45, 2.75) is 34.6 Å². The van der Waals surface area contributed by atoms with Crippen LogP contribution in [0, 0.1) is 23.7 Å². The molecule has 3 heteroatoms. The first-order chi connectivity index (χ1) is 8.18. The highest BCUT2D eigenvalue weighted by Crippen LogP contribution is 2.68. The number of anilines is 2. The Morgan fingerprint density at radius 3 is 2.28 bits per heavy atom. The SMILES string of the molecule is Cc1ccc(N)cc1NC(=O)C1C(C)(C)C1(C)C. The number of carbonyl (C=O) groups is 1. The second kappa shape index (κ2) is 3.74. The summed E-state index contributed by atoms with van der Waals surface area (Å²) in [5.41, 5.74) is 8.40. The molecule has 1 aliphatic rings. The van der Waals surface area contributed by atoms with Crippen LogP contribution in [0.15, 0.2) is 18.2 Å². The molecular formula is C15H22N2O. The maximum absolute atomic E-state index is 12.3. The van der Waals surface area contributed by atoms with Gasteiger partial charge in [-0.2, -0.15) is 0 Å². The van der Waals surface area contributed by atoms with E-state index >= 15 is 0 Å². The van der Waals surface area contributed by atoms with Crippen LogP contribution in [0.4, 0.5) is 11.4 Å². The number of amides is 1. The smallest absolute Gasteiger partial charge is 0.228 e. The van der Waals surface area contributed by atoms with Crippen LogP contribution in [0.1, 0.15) is 33.3 Å². The fourth-order valence-corrected chi connectivity index (χ4v) is 2.83. The summed E-state index contributed by atoms with van der Waals surface area (Å²) < 4.78 is 0. The Bertz CT molecular complexity index is 489. The number of nitrogens with one attached hydrogen (secondary N) is 1. The zero-order valence-corrected chi connectivity index (χ0v) is 11.8. The normalized spacial score (nSPS) is 20.5. The van der Waals surface area contributed by atoms with E-state index in [0.29, 0.717) is 5.69 Å². The average molecular weight is 246 g/mol. The lowest BCUT2D eigenvalue weighted by Crippen LogP contribution is -2.18. The van der Waals surface area contributed by atoms with E-state index < -0.39 is 0 Å². The second-order valence-electron chi connectivity index (χ2n) is 6.44. The maximum atomic E-state index is 12.3. The predicted molar refractivity (Wildman–Crippen MR) is 75.3 cm³/mol. The van der Waals surface area contributed by atoms with Crippen molar-refractivity contribution in [3.63, 3.8) is 0 Å². The van der Waals surface area contributed by atoms with Crippen molar-refractivity contribution >= 4 is 17.3 Å². The zero-order valence-electron chi connectivity index (χ0n) is 11.8. The minimum Gasteiger partial charge on any atom is -0.399 e. The molecule has 1 aromatic carbocycles. The average Bonchev–Trinajstić information content (AvgIpc) is 2.63. The molecule has 18 heavy (non-hydrogen) atoms. The third-order valence-corrected chi connectivity index (χ3v) is 4.80. The van der Waals surface area contributed by atoms with E-state index in [2.05, 4.69) is 33.0 Å². The minimum absolute atomic E-state index is 0.0608. The van der Waals surface area contributed by atoms with Crippen molar-refractivity contribution in [1.82, 2.24) is 0 Å². The molecule has 1 fully saturated rings. The highest BCUT2D eigenvalue weighted by Gasteiger charge is 2.68. The largest absolute Gasteiger partial charge is 0.399 e. The Balaban J connectivity index is 2.17. The summed E-state index contributed by atoms with van der Waals surface area (Å²) in [7, 11) is 0. The third kappa shape index (κ3) is 1.78. The number of nitrogen functional groups attached to an aromatic ring is 1. The van der Waals surface area contributed by atoms with Gasteiger partial charge in [0.05, 0.1) is 0 Å². The quantitative estimate of drug-likeness (QED) is 0.787. The lowest BCUT2D eigenvalue weighted by molar-refractivity contribution is -0.118. The molecule has 1 amide bonds. The molecule has 3 N–H and O–H groups in total. The summed E-state index contributed by atoms with van der Waals surface area (Å²) in [5, 5.41) is 3.01. The molecule has 0 aliphatic heterocycles. The Hall–Kier alpha value is -1.51. The van der Waals surface area contributed by atoms with Crippen LogP contribution in [-0.2, 0) is 4.79 Å². The lowest BCUT2D eigenvalue weighted by atomic mass is 10.0. The van der Waals surface area contributed by atoms with E-state index in [0.717, 1.165) is 11.3 Å². The van der Waals surface area contributed by atoms with Crippen molar-refractivity contribution in [2.24, 2.45) is 16.7 Å². The van der Waals surface area contributed by atoms with Gasteiger partial charge in [0.15, 0.2) is 0 Å². The molecule has 98 valence electrons. The van der Waals surface area contributed by atoms with Crippen molar-refractivity contribution in [3.8, 4) is 0 Å². The molecule has 1 aliphatic carbocycles. The Kier molecular flexibility index (Phi) is 2.69. The van der Waals surface area contributed by atoms with Crippen molar-refractivity contribution in [1.29, 1.82) is 0 Å². The Labute approximate surface area is 109 Å². The van der Waals surface area contributed by atoms with Gasteiger partial charge in [0, 0.05) is 17.3 Å². The number of hydrogen-bond donors (Lipinski definition) is 2. The van der Waals surface area contributed by atoms with Gasteiger partial charge in [0.2, 0.25) is 5.91 Å². The van der Waals surface area contributed by atoms with Gasteiger partial charge in [-0.1, -0.05) is 33.8 Å². The van der Waals surface area contributed by atoms with Gasteiger partial charge in [0.25, 0.3) is 0 Å². The van der Waals surface area contributed by atoms with Gasteiger partial charge >= 0.3 is 0 Å². The molecule has 0 unspecified atom stereocenters. The fraction of sp³-hybridized carbons (Fsp3) is 0.533. The number of hydrogen-bond acceptors (Lipinski definition) is 2. The molecule has 1 aromatic rings. The topological polar surface area (TPSA) is 55.1 Å². The van der Waals surface area contributed by atoms with Crippen molar-refractivity contribution < 1.29 is 4.79 Å². The first-order valence-corrected chi connectivity index (χ1v) is 6.35. The molecule has 0 heterocycles. The molecule has 0 radical (unpaired) electrons. The van der Waals surface area contributed by atoms with Gasteiger partial charge in [-0.15, -0.1) is 0 Å². The van der Waals surface area contributed by atoms with E-state index in [9.17, 15) is 4.79 Å².